The first-order valence-electron chi connectivity index (χ1n) is 9.98. The maximum atomic E-state index is 13.1. The molecule has 32 heavy (non-hydrogen) atoms. The van der Waals surface area contributed by atoms with Crippen LogP contribution in [0.25, 0.3) is 21.9 Å². The van der Waals surface area contributed by atoms with Crippen molar-refractivity contribution in [3.8, 4) is 11.1 Å². The second kappa shape index (κ2) is 9.25. The third-order valence-electron chi connectivity index (χ3n) is 5.05. The van der Waals surface area contributed by atoms with Crippen LogP contribution in [0.3, 0.4) is 0 Å². The molecule has 0 unspecified atom stereocenters. The minimum absolute atomic E-state index is 0.0964. The van der Waals surface area contributed by atoms with Crippen molar-refractivity contribution >= 4 is 22.6 Å². The fourth-order valence-electron chi connectivity index (χ4n) is 3.34. The molecule has 0 spiro atoms. The molecule has 0 fully saturated rings. The highest BCUT2D eigenvalue weighted by Gasteiger charge is 2.10. The number of carbonyl (C=O) groups excluding carboxylic acids is 2. The Morgan fingerprint density at radius 2 is 2.00 bits per heavy atom. The average molecular weight is 431 g/mol. The lowest BCUT2D eigenvalue weighted by Gasteiger charge is -2.09. The van der Waals surface area contributed by atoms with Crippen LogP contribution in [0, 0.1) is 0 Å². The highest BCUT2D eigenvalue weighted by molar-refractivity contribution is 5.94. The van der Waals surface area contributed by atoms with Gasteiger partial charge in [0.1, 0.15) is 0 Å². The van der Waals surface area contributed by atoms with E-state index in [1.54, 1.807) is 36.8 Å². The molecule has 4 aromatic rings. The van der Waals surface area contributed by atoms with Crippen molar-refractivity contribution in [3.05, 3.63) is 82.5 Å². The predicted octanol–water partition coefficient (Wildman–Crippen LogP) is 2.13. The van der Waals surface area contributed by atoms with Crippen LogP contribution < -0.4 is 10.9 Å². The minimum Gasteiger partial charge on any atom is -0.469 e. The number of nitrogens with one attached hydrogen (secondary N) is 2. The van der Waals surface area contributed by atoms with Gasteiger partial charge in [-0.3, -0.25) is 19.5 Å². The molecule has 0 aliphatic heterocycles. The van der Waals surface area contributed by atoms with Gasteiger partial charge in [0, 0.05) is 29.3 Å². The third-order valence-corrected chi connectivity index (χ3v) is 5.05. The molecule has 0 aliphatic carbocycles. The van der Waals surface area contributed by atoms with Crippen LogP contribution >= 0.6 is 0 Å². The van der Waals surface area contributed by atoms with E-state index in [0.717, 1.165) is 22.1 Å². The molecule has 0 saturated heterocycles. The summed E-state index contributed by atoms with van der Waals surface area (Å²) in [5, 5.41) is 15.0. The summed E-state index contributed by atoms with van der Waals surface area (Å²) in [5.74, 6) is -0.698. The normalized spacial score (nSPS) is 10.8. The quantitative estimate of drug-likeness (QED) is 0.433. The number of hydrogen-bond acceptors (Lipinski definition) is 6. The Morgan fingerprint density at radius 1 is 1.12 bits per heavy atom. The van der Waals surface area contributed by atoms with Gasteiger partial charge in [-0.25, -0.2) is 4.68 Å². The third kappa shape index (κ3) is 4.56. The van der Waals surface area contributed by atoms with Crippen LogP contribution in [0.15, 0.2) is 65.8 Å². The van der Waals surface area contributed by atoms with Gasteiger partial charge in [-0.1, -0.05) is 24.3 Å². The topological polar surface area (TPSA) is 119 Å². The molecule has 9 heteroatoms. The maximum Gasteiger partial charge on any atom is 0.307 e. The van der Waals surface area contributed by atoms with Crippen molar-refractivity contribution in [2.75, 3.05) is 13.7 Å². The molecule has 0 saturated carbocycles. The SMILES string of the molecule is COC(=O)CCNC(=O)c1cccc(Cn2ncc3ccc(-c4cn[nH]c4)cc3c2=O)c1. The summed E-state index contributed by atoms with van der Waals surface area (Å²) >= 11 is 0. The van der Waals surface area contributed by atoms with Gasteiger partial charge in [-0.2, -0.15) is 10.2 Å². The molecule has 0 atom stereocenters. The number of aromatic nitrogens is 4. The van der Waals surface area contributed by atoms with Gasteiger partial charge in [0.25, 0.3) is 11.5 Å². The fourth-order valence-corrected chi connectivity index (χ4v) is 3.34. The van der Waals surface area contributed by atoms with Crippen LogP contribution in [0.4, 0.5) is 0 Å². The predicted molar refractivity (Wildman–Crippen MR) is 118 cm³/mol. The van der Waals surface area contributed by atoms with E-state index in [0.29, 0.717) is 10.9 Å². The number of fused-ring (bicyclic) bond motifs is 1. The van der Waals surface area contributed by atoms with Gasteiger partial charge in [-0.15, -0.1) is 0 Å². The number of methoxy groups -OCH3 is 1. The Labute approximate surface area is 183 Å². The second-order valence-corrected chi connectivity index (χ2v) is 7.18. The fraction of sp³-hybridized carbons (Fsp3) is 0.174. The summed E-state index contributed by atoms with van der Waals surface area (Å²) < 4.78 is 5.93. The number of H-pyrrole nitrogens is 1. The Bertz CT molecular complexity index is 1330. The molecular weight excluding hydrogens is 410 g/mol. The molecule has 2 N–H and O–H groups in total. The number of aromatic amines is 1. The van der Waals surface area contributed by atoms with Crippen molar-refractivity contribution in [2.24, 2.45) is 0 Å². The molecule has 0 bridgehead atoms. The van der Waals surface area contributed by atoms with Crippen molar-refractivity contribution in [1.82, 2.24) is 25.3 Å². The first kappa shape index (κ1) is 21.0. The van der Waals surface area contributed by atoms with E-state index in [4.69, 9.17) is 0 Å². The number of ether oxygens (including phenoxy) is 1. The molecule has 9 nitrogen and oxygen atoms in total. The van der Waals surface area contributed by atoms with Crippen molar-refractivity contribution in [2.45, 2.75) is 13.0 Å². The average Bonchev–Trinajstić information content (AvgIpc) is 3.36. The van der Waals surface area contributed by atoms with Gasteiger partial charge in [0.05, 0.1) is 37.9 Å². The lowest BCUT2D eigenvalue weighted by molar-refractivity contribution is -0.140. The molecule has 0 radical (unpaired) electrons. The van der Waals surface area contributed by atoms with Crippen LogP contribution in [-0.2, 0) is 16.1 Å². The zero-order valence-corrected chi connectivity index (χ0v) is 17.4. The van der Waals surface area contributed by atoms with E-state index in [-0.39, 0.29) is 31.0 Å². The first-order chi connectivity index (χ1) is 15.5. The summed E-state index contributed by atoms with van der Waals surface area (Å²) in [6.07, 6.45) is 5.21. The summed E-state index contributed by atoms with van der Waals surface area (Å²) in [6.45, 7) is 0.397. The zero-order chi connectivity index (χ0) is 22.5. The van der Waals surface area contributed by atoms with Crippen LogP contribution in [0.1, 0.15) is 22.3 Å². The minimum atomic E-state index is -0.392. The molecule has 4 rings (SSSR count). The Hall–Kier alpha value is -4.27. The summed E-state index contributed by atoms with van der Waals surface area (Å²) in [7, 11) is 1.30. The van der Waals surface area contributed by atoms with E-state index in [1.165, 1.54) is 11.8 Å². The van der Waals surface area contributed by atoms with Gasteiger partial charge >= 0.3 is 5.97 Å². The highest BCUT2D eigenvalue weighted by Crippen LogP contribution is 2.21. The zero-order valence-electron chi connectivity index (χ0n) is 17.4. The van der Waals surface area contributed by atoms with Gasteiger partial charge in [0.2, 0.25) is 0 Å². The molecule has 2 aromatic carbocycles. The van der Waals surface area contributed by atoms with E-state index in [1.807, 2.05) is 24.3 Å². The number of amides is 1. The van der Waals surface area contributed by atoms with Crippen LogP contribution in [0.2, 0.25) is 0 Å². The highest BCUT2D eigenvalue weighted by atomic mass is 16.5. The van der Waals surface area contributed by atoms with Gasteiger partial charge < -0.3 is 10.1 Å². The largest absolute Gasteiger partial charge is 0.469 e. The lowest BCUT2D eigenvalue weighted by Crippen LogP contribution is -2.27. The summed E-state index contributed by atoms with van der Waals surface area (Å²) in [4.78, 5) is 36.6. The number of esters is 1. The molecule has 1 amide bonds. The standard InChI is InChI=1S/C23H21N5O4/c1-32-21(29)7-8-24-22(30)17-4-2-3-15(9-17)14-28-23(31)20-10-16(19-11-25-26-12-19)5-6-18(20)13-27-28/h2-6,9-13H,7-8,14H2,1H3,(H,24,30)(H,25,26). The van der Waals surface area contributed by atoms with Crippen LogP contribution in [0.5, 0.6) is 0 Å². The number of nitrogens with zero attached hydrogens (tertiary/aromatic N) is 3. The Balaban J connectivity index is 1.55. The van der Waals surface area contributed by atoms with E-state index < -0.39 is 5.97 Å². The number of rotatable bonds is 7. The smallest absolute Gasteiger partial charge is 0.307 e. The number of benzene rings is 2. The maximum absolute atomic E-state index is 13.1. The summed E-state index contributed by atoms with van der Waals surface area (Å²) in [5.41, 5.74) is 2.74. The lowest BCUT2D eigenvalue weighted by atomic mass is 10.1. The number of hydrogen-bond donors (Lipinski definition) is 2. The Kier molecular flexibility index (Phi) is 6.07. The van der Waals surface area contributed by atoms with Crippen molar-refractivity contribution in [1.29, 1.82) is 0 Å². The van der Waals surface area contributed by atoms with Crippen LogP contribution in [-0.4, -0.2) is 45.5 Å². The molecular formula is C23H21N5O4. The van der Waals surface area contributed by atoms with Gasteiger partial charge in [0.15, 0.2) is 0 Å². The number of carbonyl (C=O) groups is 2. The second-order valence-electron chi connectivity index (χ2n) is 7.18. The first-order valence-corrected chi connectivity index (χ1v) is 9.98. The Morgan fingerprint density at radius 3 is 2.78 bits per heavy atom. The molecule has 162 valence electrons. The van der Waals surface area contributed by atoms with E-state index in [2.05, 4.69) is 25.3 Å². The molecule has 2 aromatic heterocycles. The van der Waals surface area contributed by atoms with E-state index in [9.17, 15) is 14.4 Å². The van der Waals surface area contributed by atoms with E-state index >= 15 is 0 Å². The molecule has 2 heterocycles. The van der Waals surface area contributed by atoms with Gasteiger partial charge in [-0.05, 0) is 29.3 Å². The van der Waals surface area contributed by atoms with Crippen molar-refractivity contribution in [3.63, 3.8) is 0 Å². The molecule has 0 aliphatic rings. The van der Waals surface area contributed by atoms with Crippen molar-refractivity contribution < 1.29 is 14.3 Å². The monoisotopic (exact) mass is 431 g/mol. The summed E-state index contributed by atoms with van der Waals surface area (Å²) in [6, 6.07) is 12.5.